The summed E-state index contributed by atoms with van der Waals surface area (Å²) in [6.45, 7) is 4.82. The summed E-state index contributed by atoms with van der Waals surface area (Å²) < 4.78 is 0. The molecule has 0 atom stereocenters. The normalized spacial score (nSPS) is 14.5. The van der Waals surface area contributed by atoms with Crippen molar-refractivity contribution in [1.29, 1.82) is 0 Å². The zero-order chi connectivity index (χ0) is 50.6. The average Bonchev–Trinajstić information content (AvgIpc) is 4.17. The third kappa shape index (κ3) is 6.14. The Kier molecular flexibility index (Phi) is 9.81. The van der Waals surface area contributed by atoms with Gasteiger partial charge in [-0.25, -0.2) is 0 Å². The highest BCUT2D eigenvalue weighted by molar-refractivity contribution is 6.06. The molecule has 3 aliphatic carbocycles. The lowest BCUT2D eigenvalue weighted by molar-refractivity contribution is 0.666. The van der Waals surface area contributed by atoms with E-state index in [1.165, 1.54) is 117 Å². The van der Waals surface area contributed by atoms with Gasteiger partial charge in [0.25, 0.3) is 0 Å². The lowest BCUT2D eigenvalue weighted by Crippen LogP contribution is -2.28. The molecule has 0 amide bonds. The first-order chi connectivity index (χ1) is 37.5. The Balaban J connectivity index is 0.965. The highest BCUT2D eigenvalue weighted by Gasteiger charge is 2.48. The Morgan fingerprint density at radius 1 is 0.289 bits per heavy atom. The van der Waals surface area contributed by atoms with Crippen LogP contribution in [-0.4, -0.2) is 0 Å². The number of rotatable bonds is 8. The van der Waals surface area contributed by atoms with Gasteiger partial charge < -0.3 is 4.90 Å². The second kappa shape index (κ2) is 16.9. The second-order valence-corrected chi connectivity index (χ2v) is 21.5. The predicted octanol–water partition coefficient (Wildman–Crippen LogP) is 19.0. The van der Waals surface area contributed by atoms with E-state index in [1.807, 2.05) is 0 Å². The first kappa shape index (κ1) is 44.2. The van der Waals surface area contributed by atoms with Crippen LogP contribution in [0, 0.1) is 0 Å². The lowest BCUT2D eigenvalue weighted by Gasteiger charge is -2.35. The van der Waals surface area contributed by atoms with Crippen LogP contribution in [0.3, 0.4) is 0 Å². The van der Waals surface area contributed by atoms with Crippen molar-refractivity contribution >= 4 is 27.8 Å². The Labute approximate surface area is 445 Å². The number of hydrogen-bond donors (Lipinski definition) is 0. The maximum Gasteiger partial charge on any atom is 0.0714 e. The van der Waals surface area contributed by atoms with Gasteiger partial charge in [-0.15, -0.1) is 0 Å². The van der Waals surface area contributed by atoms with Crippen molar-refractivity contribution in [2.45, 2.75) is 30.1 Å². The van der Waals surface area contributed by atoms with Crippen molar-refractivity contribution in [3.05, 3.63) is 341 Å². The monoisotopic (exact) mass is 967 g/mol. The van der Waals surface area contributed by atoms with E-state index in [0.717, 1.165) is 11.4 Å². The molecular weight excluding hydrogens is 915 g/mol. The van der Waals surface area contributed by atoms with Gasteiger partial charge in [0.1, 0.15) is 0 Å². The molecular formula is C75H53N. The summed E-state index contributed by atoms with van der Waals surface area (Å²) in [6, 6.07) is 107. The van der Waals surface area contributed by atoms with Crippen LogP contribution in [0.5, 0.6) is 0 Å². The van der Waals surface area contributed by atoms with Crippen molar-refractivity contribution in [3.8, 4) is 44.5 Å². The maximum absolute atomic E-state index is 2.56. The number of nitrogens with zero attached hydrogens (tertiary/aromatic N) is 1. The molecule has 0 saturated carbocycles. The molecule has 0 fully saturated rings. The Bertz CT molecular complexity index is 4150. The fraction of sp³-hybridized carbons (Fsp3) is 0.0667. The van der Waals surface area contributed by atoms with E-state index >= 15 is 0 Å². The van der Waals surface area contributed by atoms with Gasteiger partial charge in [-0.1, -0.05) is 263 Å². The van der Waals surface area contributed by atoms with E-state index in [4.69, 9.17) is 0 Å². The van der Waals surface area contributed by atoms with Gasteiger partial charge in [-0.3, -0.25) is 0 Å². The number of fused-ring (bicyclic) bond motifs is 11. The van der Waals surface area contributed by atoms with Crippen molar-refractivity contribution in [2.24, 2.45) is 0 Å². The minimum Gasteiger partial charge on any atom is -0.310 e. The molecule has 1 nitrogen and oxygen atoms in total. The topological polar surface area (TPSA) is 3.24 Å². The molecule has 76 heavy (non-hydrogen) atoms. The minimum absolute atomic E-state index is 0.228. The zero-order valence-corrected chi connectivity index (χ0v) is 42.6. The van der Waals surface area contributed by atoms with Crippen LogP contribution >= 0.6 is 0 Å². The maximum atomic E-state index is 2.56. The minimum atomic E-state index is -0.554. The Hall–Kier alpha value is -9.30. The summed E-state index contributed by atoms with van der Waals surface area (Å²) in [6.07, 6.45) is 0. The van der Waals surface area contributed by atoms with Crippen molar-refractivity contribution in [2.75, 3.05) is 4.90 Å². The van der Waals surface area contributed by atoms with Gasteiger partial charge in [0.05, 0.1) is 16.5 Å². The first-order valence-electron chi connectivity index (χ1n) is 26.7. The third-order valence-electron chi connectivity index (χ3n) is 17.4. The van der Waals surface area contributed by atoms with E-state index in [-0.39, 0.29) is 5.41 Å². The van der Waals surface area contributed by atoms with Crippen LogP contribution in [0.25, 0.3) is 55.3 Å². The van der Waals surface area contributed by atoms with Gasteiger partial charge >= 0.3 is 0 Å². The molecule has 0 unspecified atom stereocenters. The predicted molar refractivity (Wildman–Crippen MR) is 316 cm³/mol. The SMILES string of the molecule is CC1(C)c2ccccc2-c2c(N(c3ccc(-c4ccc5c(c4)C(c4ccccc4)(c4ccccc4)c4ccccc4-5)cc3)c3ccc4c(c3)C(c3ccccc3)(c3ccccc3)c3ccccc3-4)cc3ccccc3c21. The van der Waals surface area contributed by atoms with Crippen LogP contribution in [0.1, 0.15) is 69.5 Å². The van der Waals surface area contributed by atoms with E-state index in [9.17, 15) is 0 Å². The molecule has 0 N–H and O–H groups in total. The standard InChI is InChI=1S/C75H53N/c1-73(2)65-36-20-19-35-64(65)71-70(48-52-23-15-16-32-59(52)72(71)73)76(58-44-46-63-61-34-18-22-38-67(61)75(69(63)49-58,55-28-11-5-12-29-55)56-30-13-6-14-31-56)57-42-39-50(40-43-57)51-41-45-62-60-33-17-21-37-66(60)74(68(62)47-51,53-24-7-3-8-25-53)54-26-9-4-10-27-54/h3-49H,1-2H3. The highest BCUT2D eigenvalue weighted by atomic mass is 15.1. The molecule has 1 heteroatoms. The van der Waals surface area contributed by atoms with Crippen molar-refractivity contribution < 1.29 is 0 Å². The van der Waals surface area contributed by atoms with Crippen LogP contribution in [-0.2, 0) is 16.2 Å². The molecule has 15 rings (SSSR count). The summed E-state index contributed by atoms with van der Waals surface area (Å²) in [7, 11) is 0. The average molecular weight is 968 g/mol. The van der Waals surface area contributed by atoms with Crippen LogP contribution in [0.4, 0.5) is 17.1 Å². The molecule has 358 valence electrons. The number of hydrogen-bond acceptors (Lipinski definition) is 1. The van der Waals surface area contributed by atoms with Crippen LogP contribution < -0.4 is 4.90 Å². The molecule has 0 spiro atoms. The fourth-order valence-corrected chi connectivity index (χ4v) is 14.2. The Morgan fingerprint density at radius 2 is 0.697 bits per heavy atom. The molecule has 3 aliphatic rings. The van der Waals surface area contributed by atoms with Crippen LogP contribution in [0.2, 0.25) is 0 Å². The van der Waals surface area contributed by atoms with E-state index in [0.29, 0.717) is 0 Å². The summed E-state index contributed by atoms with van der Waals surface area (Å²) in [4.78, 5) is 2.56. The summed E-state index contributed by atoms with van der Waals surface area (Å²) in [5.41, 5.74) is 25.2. The Morgan fingerprint density at radius 3 is 1.25 bits per heavy atom. The molecule has 0 saturated heterocycles. The summed E-state index contributed by atoms with van der Waals surface area (Å²) in [5, 5.41) is 2.53. The van der Waals surface area contributed by atoms with Gasteiger partial charge in [-0.05, 0) is 142 Å². The molecule has 0 aliphatic heterocycles. The van der Waals surface area contributed by atoms with E-state index < -0.39 is 10.8 Å². The van der Waals surface area contributed by atoms with Gasteiger partial charge in [0, 0.05) is 22.4 Å². The zero-order valence-electron chi connectivity index (χ0n) is 42.6. The molecule has 0 aromatic heterocycles. The molecule has 0 heterocycles. The molecule has 0 bridgehead atoms. The quantitative estimate of drug-likeness (QED) is 0.147. The third-order valence-corrected chi connectivity index (χ3v) is 17.4. The highest BCUT2D eigenvalue weighted by Crippen LogP contribution is 2.61. The molecule has 12 aromatic rings. The molecule has 0 radical (unpaired) electrons. The van der Waals surface area contributed by atoms with Gasteiger partial charge in [0.2, 0.25) is 0 Å². The van der Waals surface area contributed by atoms with Crippen molar-refractivity contribution in [3.63, 3.8) is 0 Å². The van der Waals surface area contributed by atoms with Crippen molar-refractivity contribution in [1.82, 2.24) is 0 Å². The second-order valence-electron chi connectivity index (χ2n) is 21.5. The summed E-state index contributed by atoms with van der Waals surface area (Å²) in [5.74, 6) is 0. The van der Waals surface area contributed by atoms with E-state index in [1.54, 1.807) is 0 Å². The summed E-state index contributed by atoms with van der Waals surface area (Å²) >= 11 is 0. The van der Waals surface area contributed by atoms with Gasteiger partial charge in [-0.2, -0.15) is 0 Å². The smallest absolute Gasteiger partial charge is 0.0714 e. The van der Waals surface area contributed by atoms with Gasteiger partial charge in [0.15, 0.2) is 0 Å². The first-order valence-corrected chi connectivity index (χ1v) is 26.7. The molecule has 12 aromatic carbocycles. The largest absolute Gasteiger partial charge is 0.310 e. The number of benzene rings is 12. The fourth-order valence-electron chi connectivity index (χ4n) is 14.2. The number of anilines is 3. The lowest BCUT2D eigenvalue weighted by atomic mass is 9.67. The van der Waals surface area contributed by atoms with E-state index in [2.05, 4.69) is 304 Å². The van der Waals surface area contributed by atoms with Crippen LogP contribution in [0.15, 0.2) is 285 Å².